The van der Waals surface area contributed by atoms with Crippen LogP contribution in [-0.4, -0.2) is 36.1 Å². The van der Waals surface area contributed by atoms with Gasteiger partial charge in [0, 0.05) is 26.9 Å². The molecule has 2 aromatic heterocycles. The van der Waals surface area contributed by atoms with Gasteiger partial charge in [0.25, 0.3) is 0 Å². The number of rotatable bonds is 2. The first-order valence-electron chi connectivity index (χ1n) is 8.98. The van der Waals surface area contributed by atoms with Gasteiger partial charge in [0.15, 0.2) is 11.1 Å². The van der Waals surface area contributed by atoms with Crippen LogP contribution in [0, 0.1) is 0 Å². The van der Waals surface area contributed by atoms with Crippen molar-refractivity contribution in [2.75, 3.05) is 14.2 Å². The molecule has 0 spiro atoms. The molecule has 0 saturated carbocycles. The average molecular weight is 494 g/mol. The Morgan fingerprint density at radius 3 is 2.12 bits per heavy atom. The second-order valence-corrected chi connectivity index (χ2v) is 7.65. The first-order valence-corrected chi connectivity index (χ1v) is 10.1. The number of H-pyrrole nitrogens is 1. The standard InChI is InChI=1S/C11H7Cl2NO2.C11H8ClNO3/c1-16-11(15)10-5-8(13)7-3-2-6(12)4-9(7)14-10;1-16-11(15)9-5-10(14)7-3-2-6(12)4-8(7)13-9/h2-5H,1H3;2-5H,1H3,(H,13,14). The topological polar surface area (TPSA) is 98.4 Å². The molecule has 10 heteroatoms. The summed E-state index contributed by atoms with van der Waals surface area (Å²) >= 11 is 17.7. The Morgan fingerprint density at radius 1 is 0.844 bits per heavy atom. The van der Waals surface area contributed by atoms with E-state index in [1.54, 1.807) is 36.4 Å². The summed E-state index contributed by atoms with van der Waals surface area (Å²) < 4.78 is 9.11. The van der Waals surface area contributed by atoms with Crippen LogP contribution in [0.2, 0.25) is 15.1 Å². The van der Waals surface area contributed by atoms with Crippen LogP contribution in [0.1, 0.15) is 21.0 Å². The number of aromatic nitrogens is 2. The summed E-state index contributed by atoms with van der Waals surface area (Å²) in [4.78, 5) is 41.2. The van der Waals surface area contributed by atoms with Crippen LogP contribution in [0.3, 0.4) is 0 Å². The van der Waals surface area contributed by atoms with Crippen molar-refractivity contribution in [2.45, 2.75) is 0 Å². The van der Waals surface area contributed by atoms with Crippen molar-refractivity contribution >= 4 is 68.5 Å². The van der Waals surface area contributed by atoms with Crippen molar-refractivity contribution in [3.05, 3.63) is 85.2 Å². The van der Waals surface area contributed by atoms with Crippen molar-refractivity contribution in [3.8, 4) is 0 Å². The fourth-order valence-corrected chi connectivity index (χ4v) is 3.41. The number of benzene rings is 2. The van der Waals surface area contributed by atoms with Crippen LogP contribution < -0.4 is 5.43 Å². The lowest BCUT2D eigenvalue weighted by atomic mass is 10.2. The predicted octanol–water partition coefficient (Wildman–Crippen LogP) is 5.30. The highest BCUT2D eigenvalue weighted by Gasteiger charge is 2.11. The lowest BCUT2D eigenvalue weighted by Crippen LogP contribution is -2.11. The Hall–Kier alpha value is -3.13. The minimum atomic E-state index is -0.584. The van der Waals surface area contributed by atoms with E-state index in [4.69, 9.17) is 34.8 Å². The molecule has 164 valence electrons. The van der Waals surface area contributed by atoms with Crippen molar-refractivity contribution in [3.63, 3.8) is 0 Å². The lowest BCUT2D eigenvalue weighted by molar-refractivity contribution is 0.0585. The largest absolute Gasteiger partial charge is 0.464 e. The molecule has 0 aliphatic rings. The normalized spacial score (nSPS) is 10.4. The third-order valence-electron chi connectivity index (χ3n) is 4.31. The number of aromatic amines is 1. The molecule has 1 N–H and O–H groups in total. The number of esters is 2. The number of methoxy groups -OCH3 is 2. The first-order chi connectivity index (χ1) is 15.2. The molecule has 0 atom stereocenters. The minimum Gasteiger partial charge on any atom is -0.464 e. The molecule has 0 amide bonds. The number of carbonyl (C=O) groups is 2. The zero-order chi connectivity index (χ0) is 23.4. The highest BCUT2D eigenvalue weighted by Crippen LogP contribution is 2.25. The molecular weight excluding hydrogens is 479 g/mol. The average Bonchev–Trinajstić information content (AvgIpc) is 2.77. The van der Waals surface area contributed by atoms with Crippen LogP contribution in [0.25, 0.3) is 21.8 Å². The van der Waals surface area contributed by atoms with Gasteiger partial charge in [0.1, 0.15) is 5.69 Å². The third-order valence-corrected chi connectivity index (χ3v) is 5.10. The van der Waals surface area contributed by atoms with E-state index in [9.17, 15) is 14.4 Å². The molecule has 0 aliphatic heterocycles. The predicted molar refractivity (Wildman–Crippen MR) is 124 cm³/mol. The number of carbonyl (C=O) groups excluding carboxylic acids is 2. The SMILES string of the molecule is COC(=O)c1cc(=O)c2ccc(Cl)cc2[nH]1.COC(=O)c1cc(Cl)c2ccc(Cl)cc2n1. The highest BCUT2D eigenvalue weighted by molar-refractivity contribution is 6.36. The third kappa shape index (κ3) is 5.19. The van der Waals surface area contributed by atoms with Crippen molar-refractivity contribution in [2.24, 2.45) is 0 Å². The van der Waals surface area contributed by atoms with Crippen LogP contribution in [-0.2, 0) is 9.47 Å². The molecule has 0 radical (unpaired) electrons. The second-order valence-electron chi connectivity index (χ2n) is 6.37. The van der Waals surface area contributed by atoms with E-state index in [-0.39, 0.29) is 16.8 Å². The fraction of sp³-hybridized carbons (Fsp3) is 0.0909. The lowest BCUT2D eigenvalue weighted by Gasteiger charge is -2.04. The van der Waals surface area contributed by atoms with Crippen molar-refractivity contribution < 1.29 is 19.1 Å². The number of hydrogen-bond acceptors (Lipinski definition) is 6. The van der Waals surface area contributed by atoms with E-state index in [1.807, 2.05) is 0 Å². The summed E-state index contributed by atoms with van der Waals surface area (Å²) in [5, 5.41) is 2.71. The summed E-state index contributed by atoms with van der Waals surface area (Å²) in [6, 6.07) is 12.6. The highest BCUT2D eigenvalue weighted by atomic mass is 35.5. The van der Waals surface area contributed by atoms with Gasteiger partial charge in [-0.1, -0.05) is 34.8 Å². The van der Waals surface area contributed by atoms with Crippen LogP contribution in [0.4, 0.5) is 0 Å². The molecule has 2 aromatic carbocycles. The van der Waals surface area contributed by atoms with Crippen LogP contribution in [0.5, 0.6) is 0 Å². The molecule has 0 saturated heterocycles. The van der Waals surface area contributed by atoms with Crippen molar-refractivity contribution in [1.29, 1.82) is 0 Å². The Bertz CT molecular complexity index is 1400. The molecule has 0 bridgehead atoms. The van der Waals surface area contributed by atoms with Crippen LogP contribution >= 0.6 is 34.8 Å². The summed E-state index contributed by atoms with van der Waals surface area (Å²) in [5.41, 5.74) is 1.12. The van der Waals surface area contributed by atoms with E-state index >= 15 is 0 Å². The molecule has 2 heterocycles. The maximum absolute atomic E-state index is 11.7. The summed E-state index contributed by atoms with van der Waals surface area (Å²) in [5.74, 6) is -1.11. The van der Waals surface area contributed by atoms with Gasteiger partial charge in [-0.25, -0.2) is 14.6 Å². The summed E-state index contributed by atoms with van der Waals surface area (Å²) in [6.45, 7) is 0. The zero-order valence-corrected chi connectivity index (χ0v) is 19.0. The molecule has 7 nitrogen and oxygen atoms in total. The monoisotopic (exact) mass is 492 g/mol. The number of halogens is 3. The zero-order valence-electron chi connectivity index (χ0n) is 16.7. The maximum atomic E-state index is 11.7. The first kappa shape index (κ1) is 23.5. The van der Waals surface area contributed by atoms with Crippen LogP contribution in [0.15, 0.2) is 53.3 Å². The van der Waals surface area contributed by atoms with Gasteiger partial charge in [-0.15, -0.1) is 0 Å². The molecule has 4 rings (SSSR count). The number of pyridine rings is 2. The Morgan fingerprint density at radius 2 is 1.47 bits per heavy atom. The maximum Gasteiger partial charge on any atom is 0.356 e. The van der Waals surface area contributed by atoms with Gasteiger partial charge in [-0.2, -0.15) is 0 Å². The summed E-state index contributed by atoms with van der Waals surface area (Å²) in [6.07, 6.45) is 0. The Kier molecular flexibility index (Phi) is 7.35. The van der Waals surface area contributed by atoms with E-state index in [1.165, 1.54) is 26.4 Å². The number of ether oxygens (including phenoxy) is 2. The van der Waals surface area contributed by atoms with Gasteiger partial charge < -0.3 is 14.5 Å². The minimum absolute atomic E-state index is 0.113. The number of fused-ring (bicyclic) bond motifs is 2. The van der Waals surface area contributed by atoms with Gasteiger partial charge >= 0.3 is 11.9 Å². The van der Waals surface area contributed by atoms with E-state index < -0.39 is 11.9 Å². The van der Waals surface area contributed by atoms with Gasteiger partial charge in [-0.05, 0) is 42.5 Å². The van der Waals surface area contributed by atoms with Gasteiger partial charge in [0.2, 0.25) is 0 Å². The van der Waals surface area contributed by atoms with Gasteiger partial charge in [-0.3, -0.25) is 4.79 Å². The Balaban J connectivity index is 0.000000181. The van der Waals surface area contributed by atoms with Gasteiger partial charge in [0.05, 0.1) is 30.3 Å². The van der Waals surface area contributed by atoms with Crippen molar-refractivity contribution in [1.82, 2.24) is 9.97 Å². The van der Waals surface area contributed by atoms with E-state index in [2.05, 4.69) is 19.4 Å². The molecular formula is C22H15Cl3N2O5. The Labute approximate surface area is 196 Å². The number of hydrogen-bond donors (Lipinski definition) is 1. The fourth-order valence-electron chi connectivity index (χ4n) is 2.81. The number of nitrogens with zero attached hydrogens (tertiary/aromatic N) is 1. The number of nitrogens with one attached hydrogen (secondary N) is 1. The van der Waals surface area contributed by atoms with E-state index in [0.29, 0.717) is 31.5 Å². The molecule has 0 aliphatic carbocycles. The quantitative estimate of drug-likeness (QED) is 0.381. The molecule has 0 fully saturated rings. The van der Waals surface area contributed by atoms with E-state index in [0.717, 1.165) is 5.39 Å². The molecule has 0 unspecified atom stereocenters. The summed E-state index contributed by atoms with van der Waals surface area (Å²) in [7, 11) is 2.54. The molecule has 4 aromatic rings. The smallest absolute Gasteiger partial charge is 0.356 e. The molecule has 32 heavy (non-hydrogen) atoms. The second kappa shape index (κ2) is 9.99.